The predicted molar refractivity (Wildman–Crippen MR) is 44.8 cm³/mol. The molecule has 0 aromatic heterocycles. The van der Waals surface area contributed by atoms with Crippen molar-refractivity contribution in [3.63, 3.8) is 0 Å². The summed E-state index contributed by atoms with van der Waals surface area (Å²) in [5.41, 5.74) is 0. The van der Waals surface area contributed by atoms with Gasteiger partial charge in [0.25, 0.3) is 5.97 Å². The lowest BCUT2D eigenvalue weighted by Crippen LogP contribution is -1.78. The summed E-state index contributed by atoms with van der Waals surface area (Å²) in [7, 11) is 0. The molecule has 0 fully saturated rings. The number of halogens is 2. The van der Waals surface area contributed by atoms with Crippen molar-refractivity contribution in [1.82, 2.24) is 0 Å². The Morgan fingerprint density at radius 1 is 0.917 bits per heavy atom. The van der Waals surface area contributed by atoms with Crippen LogP contribution in [0.4, 0.5) is 9.41 Å². The first-order valence-electron chi connectivity index (χ1n) is 2.93. The van der Waals surface area contributed by atoms with Crippen LogP contribution in [0.25, 0.3) is 0 Å². The predicted octanol–water partition coefficient (Wildman–Crippen LogP) is 2.08. The number of hydrogen-bond acceptors (Lipinski definition) is 1. The molecule has 4 heteroatoms. The van der Waals surface area contributed by atoms with E-state index in [9.17, 15) is 0 Å². The largest absolute Gasteiger partial charge is 0.481 e. The summed E-state index contributed by atoms with van der Waals surface area (Å²) < 4.78 is 0. The molecule has 0 atom stereocenters. The summed E-state index contributed by atoms with van der Waals surface area (Å²) >= 11 is 0. The number of rotatable bonds is 0. The number of benzene rings is 1. The van der Waals surface area contributed by atoms with Gasteiger partial charge >= 0.3 is 0 Å². The molecule has 1 aromatic carbocycles. The van der Waals surface area contributed by atoms with Crippen molar-refractivity contribution in [2.75, 3.05) is 0 Å². The Labute approximate surface area is 69.6 Å². The topological polar surface area (TPSA) is 37.3 Å². The van der Waals surface area contributed by atoms with Crippen molar-refractivity contribution in [3.05, 3.63) is 36.4 Å². The van der Waals surface area contributed by atoms with Gasteiger partial charge in [-0.1, -0.05) is 36.4 Å². The van der Waals surface area contributed by atoms with Gasteiger partial charge in [0, 0.05) is 6.92 Å². The van der Waals surface area contributed by atoms with Crippen LogP contribution in [0.2, 0.25) is 0 Å². The molecule has 2 nitrogen and oxygen atoms in total. The van der Waals surface area contributed by atoms with Crippen molar-refractivity contribution in [2.45, 2.75) is 6.92 Å². The summed E-state index contributed by atoms with van der Waals surface area (Å²) in [6.07, 6.45) is 0. The normalized spacial score (nSPS) is 6.08. The van der Waals surface area contributed by atoms with E-state index in [0.717, 1.165) is 6.92 Å². The second kappa shape index (κ2) is 12.2. The molecule has 1 rings (SSSR count). The minimum absolute atomic E-state index is 0. The van der Waals surface area contributed by atoms with Crippen molar-refractivity contribution >= 4 is 5.97 Å². The van der Waals surface area contributed by atoms with E-state index in [4.69, 9.17) is 9.90 Å². The van der Waals surface area contributed by atoms with E-state index in [1.807, 2.05) is 36.4 Å². The van der Waals surface area contributed by atoms with E-state index in [2.05, 4.69) is 0 Å². The first-order valence-corrected chi connectivity index (χ1v) is 2.93. The van der Waals surface area contributed by atoms with E-state index in [-0.39, 0.29) is 9.41 Å². The fourth-order valence-electron chi connectivity index (χ4n) is 0.385. The minimum atomic E-state index is -0.833. The molecule has 0 saturated heterocycles. The molecule has 0 bridgehead atoms. The Kier molecular flexibility index (Phi) is 17.2. The lowest BCUT2D eigenvalue weighted by Gasteiger charge is -1.69. The van der Waals surface area contributed by atoms with Crippen LogP contribution in [0.3, 0.4) is 0 Å². The van der Waals surface area contributed by atoms with Crippen LogP contribution < -0.4 is 0 Å². The number of carbonyl (C=O) groups is 1. The quantitative estimate of drug-likeness (QED) is 0.660. The van der Waals surface area contributed by atoms with Crippen molar-refractivity contribution in [1.29, 1.82) is 0 Å². The van der Waals surface area contributed by atoms with Gasteiger partial charge in [-0.2, -0.15) is 0 Å². The number of aliphatic carboxylic acids is 1. The minimum Gasteiger partial charge on any atom is -0.481 e. The van der Waals surface area contributed by atoms with Gasteiger partial charge < -0.3 is 5.11 Å². The zero-order chi connectivity index (χ0) is 7.82. The molecule has 1 N–H and O–H groups in total. The third-order valence-corrected chi connectivity index (χ3v) is 0.667. The highest BCUT2D eigenvalue weighted by molar-refractivity contribution is 5.62. The molecule has 0 aliphatic heterocycles. The van der Waals surface area contributed by atoms with E-state index < -0.39 is 5.97 Å². The second-order valence-corrected chi connectivity index (χ2v) is 1.67. The Morgan fingerprint density at radius 2 is 1.00 bits per heavy atom. The third kappa shape index (κ3) is 23.5. The molecule has 0 aliphatic carbocycles. The number of hydrogen-bond donors (Lipinski definition) is 1. The fraction of sp³-hybridized carbons (Fsp3) is 0.125. The van der Waals surface area contributed by atoms with E-state index >= 15 is 0 Å². The van der Waals surface area contributed by atoms with Gasteiger partial charge in [0.2, 0.25) is 0 Å². The number of carboxylic acid groups (broad SMARTS) is 1. The molecule has 0 amide bonds. The van der Waals surface area contributed by atoms with Gasteiger partial charge in [-0.3, -0.25) is 14.2 Å². The van der Waals surface area contributed by atoms with Gasteiger partial charge in [-0.05, 0) is 0 Å². The molecular formula is C8H12F2O2. The Hall–Kier alpha value is -1.45. The van der Waals surface area contributed by atoms with Crippen LogP contribution in [0.5, 0.6) is 0 Å². The molecule has 0 aliphatic rings. The highest BCUT2D eigenvalue weighted by atomic mass is 19.0. The summed E-state index contributed by atoms with van der Waals surface area (Å²) in [6, 6.07) is 12.0. The molecule has 1 aromatic rings. The molecule has 0 saturated carbocycles. The van der Waals surface area contributed by atoms with Gasteiger partial charge in [-0.15, -0.1) is 0 Å². The Morgan fingerprint density at radius 3 is 1.08 bits per heavy atom. The monoisotopic (exact) mass is 178 g/mol. The first-order chi connectivity index (χ1) is 4.73. The molecule has 12 heavy (non-hydrogen) atoms. The van der Waals surface area contributed by atoms with Crippen LogP contribution in [0, 0.1) is 0 Å². The zero-order valence-electron chi connectivity index (χ0n) is 6.64. The summed E-state index contributed by atoms with van der Waals surface area (Å²) in [5, 5.41) is 7.42. The van der Waals surface area contributed by atoms with Crippen molar-refractivity contribution in [3.8, 4) is 0 Å². The lowest BCUT2D eigenvalue weighted by atomic mass is 10.4. The van der Waals surface area contributed by atoms with Crippen molar-refractivity contribution in [2.24, 2.45) is 0 Å². The average molecular weight is 178 g/mol. The highest BCUT2D eigenvalue weighted by Gasteiger charge is 1.65. The summed E-state index contributed by atoms with van der Waals surface area (Å²) in [4.78, 5) is 9.00. The molecule has 0 radical (unpaired) electrons. The first kappa shape index (κ1) is 16.9. The Balaban J connectivity index is -0.000000124. The van der Waals surface area contributed by atoms with E-state index in [1.54, 1.807) is 0 Å². The van der Waals surface area contributed by atoms with Crippen LogP contribution in [0.1, 0.15) is 6.92 Å². The second-order valence-electron chi connectivity index (χ2n) is 1.67. The van der Waals surface area contributed by atoms with Crippen molar-refractivity contribution < 1.29 is 19.3 Å². The molecule has 0 heterocycles. The van der Waals surface area contributed by atoms with Gasteiger partial charge in [0.05, 0.1) is 0 Å². The molecular weight excluding hydrogens is 166 g/mol. The summed E-state index contributed by atoms with van der Waals surface area (Å²) in [6.45, 7) is 1.08. The van der Waals surface area contributed by atoms with Crippen LogP contribution in [-0.2, 0) is 4.79 Å². The average Bonchev–Trinajstić information content (AvgIpc) is 1.90. The number of carboxylic acids is 1. The smallest absolute Gasteiger partial charge is 0.300 e. The molecule has 70 valence electrons. The van der Waals surface area contributed by atoms with E-state index in [0.29, 0.717) is 0 Å². The maximum Gasteiger partial charge on any atom is 0.300 e. The SMILES string of the molecule is CC(=O)O.F.F.c1ccccc1. The standard InChI is InChI=1S/C6H6.C2H4O2.2FH/c1-2-4-6-5-3-1;1-2(3)4;;/h1-6H;1H3,(H,3,4);2*1H. The van der Waals surface area contributed by atoms with Crippen LogP contribution in [-0.4, -0.2) is 11.1 Å². The molecule has 0 unspecified atom stereocenters. The maximum atomic E-state index is 9.00. The lowest BCUT2D eigenvalue weighted by molar-refractivity contribution is -0.134. The van der Waals surface area contributed by atoms with Gasteiger partial charge in [0.1, 0.15) is 0 Å². The van der Waals surface area contributed by atoms with Gasteiger partial charge in [0.15, 0.2) is 0 Å². The van der Waals surface area contributed by atoms with Crippen LogP contribution >= 0.6 is 0 Å². The Bertz CT molecular complexity index is 147. The van der Waals surface area contributed by atoms with E-state index in [1.165, 1.54) is 0 Å². The fourth-order valence-corrected chi connectivity index (χ4v) is 0.385. The third-order valence-electron chi connectivity index (χ3n) is 0.667. The summed E-state index contributed by atoms with van der Waals surface area (Å²) in [5.74, 6) is -0.833. The molecule has 0 spiro atoms. The maximum absolute atomic E-state index is 9.00. The van der Waals surface area contributed by atoms with Gasteiger partial charge in [-0.25, -0.2) is 0 Å². The van der Waals surface area contributed by atoms with Crippen LogP contribution in [0.15, 0.2) is 36.4 Å². The zero-order valence-corrected chi connectivity index (χ0v) is 6.64. The highest BCUT2D eigenvalue weighted by Crippen LogP contribution is 1.79.